The van der Waals surface area contributed by atoms with Crippen molar-refractivity contribution in [3.05, 3.63) is 23.5 Å². The second kappa shape index (κ2) is 3.34. The minimum Gasteiger partial charge on any atom is -0.495 e. The highest BCUT2D eigenvalue weighted by molar-refractivity contribution is 5.38. The number of pyridine rings is 1. The van der Waals surface area contributed by atoms with Crippen molar-refractivity contribution >= 4 is 0 Å². The van der Waals surface area contributed by atoms with E-state index in [1.54, 1.807) is 7.11 Å². The summed E-state index contributed by atoms with van der Waals surface area (Å²) in [5, 5.41) is 0. The summed E-state index contributed by atoms with van der Waals surface area (Å²) in [6.45, 7) is 3.57. The highest BCUT2D eigenvalue weighted by atomic mass is 16.5. The van der Waals surface area contributed by atoms with Crippen molar-refractivity contribution < 1.29 is 9.47 Å². The molecule has 0 unspecified atom stereocenters. The average Bonchev–Trinajstić information content (AvgIpc) is 2.01. The lowest BCUT2D eigenvalue weighted by atomic mass is 10.0. The molecule has 1 aliphatic rings. The van der Waals surface area contributed by atoms with Crippen LogP contribution in [0, 0.1) is 6.92 Å². The van der Waals surface area contributed by atoms with E-state index in [2.05, 4.69) is 4.98 Å². The van der Waals surface area contributed by atoms with Crippen molar-refractivity contribution in [1.29, 1.82) is 0 Å². The molecule has 70 valence electrons. The monoisotopic (exact) mass is 179 g/mol. The SMILES string of the molecule is COc1c(C)ccnc1C1COC1. The summed E-state index contributed by atoms with van der Waals surface area (Å²) in [5.74, 6) is 1.34. The van der Waals surface area contributed by atoms with Crippen LogP contribution in [0.4, 0.5) is 0 Å². The maximum absolute atomic E-state index is 5.31. The Morgan fingerprint density at radius 2 is 2.31 bits per heavy atom. The van der Waals surface area contributed by atoms with Crippen LogP contribution in [0.15, 0.2) is 12.3 Å². The molecule has 0 spiro atoms. The first kappa shape index (κ1) is 8.51. The summed E-state index contributed by atoms with van der Waals surface area (Å²) in [6.07, 6.45) is 1.82. The summed E-state index contributed by atoms with van der Waals surface area (Å²) in [5.41, 5.74) is 2.17. The van der Waals surface area contributed by atoms with Crippen LogP contribution in [0.2, 0.25) is 0 Å². The second-order valence-corrected chi connectivity index (χ2v) is 3.28. The van der Waals surface area contributed by atoms with Gasteiger partial charge in [0.2, 0.25) is 0 Å². The molecule has 0 aliphatic carbocycles. The van der Waals surface area contributed by atoms with Crippen molar-refractivity contribution in [2.75, 3.05) is 20.3 Å². The van der Waals surface area contributed by atoms with Crippen molar-refractivity contribution in [3.8, 4) is 5.75 Å². The molecule has 1 aromatic heterocycles. The third-order valence-electron chi connectivity index (χ3n) is 2.36. The standard InChI is InChI=1S/C10H13NO2/c1-7-3-4-11-9(10(7)12-2)8-5-13-6-8/h3-4,8H,5-6H2,1-2H3. The molecule has 1 saturated heterocycles. The molecule has 0 atom stereocenters. The average molecular weight is 179 g/mol. The van der Waals surface area contributed by atoms with E-state index >= 15 is 0 Å². The van der Waals surface area contributed by atoms with Crippen LogP contribution < -0.4 is 4.74 Å². The van der Waals surface area contributed by atoms with Gasteiger partial charge in [0, 0.05) is 6.20 Å². The summed E-state index contributed by atoms with van der Waals surface area (Å²) >= 11 is 0. The van der Waals surface area contributed by atoms with Crippen LogP contribution in [-0.2, 0) is 4.74 Å². The predicted octanol–water partition coefficient (Wildman–Crippen LogP) is 1.51. The van der Waals surface area contributed by atoms with Gasteiger partial charge in [0.05, 0.1) is 31.9 Å². The summed E-state index contributed by atoms with van der Waals surface area (Å²) in [6, 6.07) is 1.96. The summed E-state index contributed by atoms with van der Waals surface area (Å²) in [4.78, 5) is 4.33. The van der Waals surface area contributed by atoms with Crippen molar-refractivity contribution in [1.82, 2.24) is 4.98 Å². The van der Waals surface area contributed by atoms with E-state index in [4.69, 9.17) is 9.47 Å². The molecule has 1 fully saturated rings. The third kappa shape index (κ3) is 1.40. The van der Waals surface area contributed by atoms with Crippen LogP contribution in [0.3, 0.4) is 0 Å². The van der Waals surface area contributed by atoms with Crippen LogP contribution in [-0.4, -0.2) is 25.3 Å². The van der Waals surface area contributed by atoms with E-state index in [9.17, 15) is 0 Å². The lowest BCUT2D eigenvalue weighted by molar-refractivity contribution is 0.00571. The number of aromatic nitrogens is 1. The number of rotatable bonds is 2. The molecule has 0 saturated carbocycles. The van der Waals surface area contributed by atoms with Gasteiger partial charge in [0.25, 0.3) is 0 Å². The quantitative estimate of drug-likeness (QED) is 0.689. The molecular weight excluding hydrogens is 166 g/mol. The van der Waals surface area contributed by atoms with Gasteiger partial charge < -0.3 is 9.47 Å². The molecule has 0 N–H and O–H groups in total. The van der Waals surface area contributed by atoms with Crippen LogP contribution >= 0.6 is 0 Å². The van der Waals surface area contributed by atoms with Gasteiger partial charge in [-0.2, -0.15) is 0 Å². The smallest absolute Gasteiger partial charge is 0.143 e. The lowest BCUT2D eigenvalue weighted by Crippen LogP contribution is -2.26. The predicted molar refractivity (Wildman–Crippen MR) is 49.1 cm³/mol. The molecular formula is C10H13NO2. The zero-order valence-corrected chi connectivity index (χ0v) is 7.91. The van der Waals surface area contributed by atoms with Gasteiger partial charge in [-0.25, -0.2) is 0 Å². The number of aryl methyl sites for hydroxylation is 1. The molecule has 3 heteroatoms. The zero-order chi connectivity index (χ0) is 9.26. The van der Waals surface area contributed by atoms with Gasteiger partial charge in [-0.1, -0.05) is 0 Å². The Morgan fingerprint density at radius 1 is 1.54 bits per heavy atom. The van der Waals surface area contributed by atoms with E-state index in [1.807, 2.05) is 19.2 Å². The fraction of sp³-hybridized carbons (Fsp3) is 0.500. The summed E-state index contributed by atoms with van der Waals surface area (Å²) < 4.78 is 10.4. The number of hydrogen-bond acceptors (Lipinski definition) is 3. The molecule has 0 radical (unpaired) electrons. The molecule has 2 rings (SSSR count). The Balaban J connectivity index is 2.37. The molecule has 3 nitrogen and oxygen atoms in total. The van der Waals surface area contributed by atoms with Gasteiger partial charge in [0.1, 0.15) is 5.75 Å². The highest BCUT2D eigenvalue weighted by Crippen LogP contribution is 2.31. The first-order valence-electron chi connectivity index (χ1n) is 4.40. The maximum atomic E-state index is 5.31. The fourth-order valence-corrected chi connectivity index (χ4v) is 1.52. The Morgan fingerprint density at radius 3 is 2.85 bits per heavy atom. The second-order valence-electron chi connectivity index (χ2n) is 3.28. The maximum Gasteiger partial charge on any atom is 0.143 e. The molecule has 1 aromatic rings. The van der Waals surface area contributed by atoms with Crippen LogP contribution in [0.25, 0.3) is 0 Å². The normalized spacial score (nSPS) is 16.8. The summed E-state index contributed by atoms with van der Waals surface area (Å²) in [7, 11) is 1.69. The first-order valence-corrected chi connectivity index (χ1v) is 4.40. The number of methoxy groups -OCH3 is 1. The van der Waals surface area contributed by atoms with Gasteiger partial charge in [-0.3, -0.25) is 4.98 Å². The fourth-order valence-electron chi connectivity index (χ4n) is 1.52. The number of nitrogens with zero attached hydrogens (tertiary/aromatic N) is 1. The van der Waals surface area contributed by atoms with E-state index in [0.29, 0.717) is 5.92 Å². The van der Waals surface area contributed by atoms with Gasteiger partial charge in [-0.15, -0.1) is 0 Å². The minimum atomic E-state index is 0.426. The molecule has 2 heterocycles. The van der Waals surface area contributed by atoms with E-state index in [1.165, 1.54) is 0 Å². The molecule has 0 bridgehead atoms. The van der Waals surface area contributed by atoms with Gasteiger partial charge >= 0.3 is 0 Å². The third-order valence-corrected chi connectivity index (χ3v) is 2.36. The first-order chi connectivity index (χ1) is 6.33. The highest BCUT2D eigenvalue weighted by Gasteiger charge is 2.25. The van der Waals surface area contributed by atoms with Crippen LogP contribution in [0.5, 0.6) is 5.75 Å². The van der Waals surface area contributed by atoms with Crippen molar-refractivity contribution in [3.63, 3.8) is 0 Å². The Labute approximate surface area is 77.7 Å². The Kier molecular flexibility index (Phi) is 2.19. The largest absolute Gasteiger partial charge is 0.495 e. The van der Waals surface area contributed by atoms with Gasteiger partial charge in [0.15, 0.2) is 0 Å². The molecule has 13 heavy (non-hydrogen) atoms. The van der Waals surface area contributed by atoms with E-state index in [-0.39, 0.29) is 0 Å². The molecule has 1 aliphatic heterocycles. The van der Waals surface area contributed by atoms with Crippen molar-refractivity contribution in [2.24, 2.45) is 0 Å². The minimum absolute atomic E-state index is 0.426. The van der Waals surface area contributed by atoms with Gasteiger partial charge in [-0.05, 0) is 18.6 Å². The topological polar surface area (TPSA) is 31.4 Å². The van der Waals surface area contributed by atoms with Crippen LogP contribution in [0.1, 0.15) is 17.2 Å². The Hall–Kier alpha value is -1.09. The number of ether oxygens (including phenoxy) is 2. The number of hydrogen-bond donors (Lipinski definition) is 0. The Bertz CT molecular complexity index is 308. The van der Waals surface area contributed by atoms with Crippen molar-refractivity contribution in [2.45, 2.75) is 12.8 Å². The van der Waals surface area contributed by atoms with E-state index < -0.39 is 0 Å². The lowest BCUT2D eigenvalue weighted by Gasteiger charge is -2.27. The molecule has 0 amide bonds. The van der Waals surface area contributed by atoms with E-state index in [0.717, 1.165) is 30.2 Å². The zero-order valence-electron chi connectivity index (χ0n) is 7.91. The molecule has 0 aromatic carbocycles.